The Morgan fingerprint density at radius 1 is 1.13 bits per heavy atom. The van der Waals surface area contributed by atoms with Crippen molar-refractivity contribution in [2.24, 2.45) is 7.05 Å². The van der Waals surface area contributed by atoms with Crippen LogP contribution in [0.1, 0.15) is 11.3 Å². The molecule has 2 aromatic carbocycles. The van der Waals surface area contributed by atoms with Crippen molar-refractivity contribution in [3.63, 3.8) is 0 Å². The standard InChI is InChI=1S/C18H17ClN2O2/c1-13-11-21(18(22)20(13)2)15-8-9-17(16(19)10-15)23-12-14-6-4-3-5-7-14/h3-11H,12H2,1-2H3. The van der Waals surface area contributed by atoms with Crippen LogP contribution in [0.3, 0.4) is 0 Å². The van der Waals surface area contributed by atoms with Crippen molar-refractivity contribution in [2.45, 2.75) is 13.5 Å². The third-order valence-corrected chi connectivity index (χ3v) is 4.06. The molecular weight excluding hydrogens is 312 g/mol. The van der Waals surface area contributed by atoms with Crippen LogP contribution in [0.4, 0.5) is 0 Å². The molecule has 4 nitrogen and oxygen atoms in total. The van der Waals surface area contributed by atoms with Gasteiger partial charge in [-0.3, -0.25) is 9.13 Å². The van der Waals surface area contributed by atoms with Crippen LogP contribution < -0.4 is 10.4 Å². The number of aromatic nitrogens is 2. The summed E-state index contributed by atoms with van der Waals surface area (Å²) in [5, 5.41) is 0.479. The lowest BCUT2D eigenvalue weighted by atomic mass is 10.2. The summed E-state index contributed by atoms with van der Waals surface area (Å²) in [5.41, 5.74) is 2.57. The van der Waals surface area contributed by atoms with Gasteiger partial charge in [0.1, 0.15) is 12.4 Å². The molecule has 0 saturated heterocycles. The Kier molecular flexibility index (Phi) is 4.26. The number of hydrogen-bond acceptors (Lipinski definition) is 2. The van der Waals surface area contributed by atoms with E-state index in [4.69, 9.17) is 16.3 Å². The summed E-state index contributed by atoms with van der Waals surface area (Å²) in [6.07, 6.45) is 1.79. The van der Waals surface area contributed by atoms with E-state index in [0.29, 0.717) is 17.4 Å². The number of hydrogen-bond donors (Lipinski definition) is 0. The van der Waals surface area contributed by atoms with Crippen molar-refractivity contribution < 1.29 is 4.74 Å². The number of nitrogens with zero attached hydrogens (tertiary/aromatic N) is 2. The molecule has 3 aromatic rings. The van der Waals surface area contributed by atoms with Crippen molar-refractivity contribution in [3.05, 3.63) is 81.5 Å². The molecule has 0 atom stereocenters. The predicted octanol–water partition coefficient (Wildman–Crippen LogP) is 3.72. The van der Waals surface area contributed by atoms with Crippen molar-refractivity contribution in [2.75, 3.05) is 0 Å². The van der Waals surface area contributed by atoms with Crippen molar-refractivity contribution in [3.8, 4) is 11.4 Å². The normalized spacial score (nSPS) is 10.7. The molecule has 1 heterocycles. The third-order valence-electron chi connectivity index (χ3n) is 3.77. The lowest BCUT2D eigenvalue weighted by molar-refractivity contribution is 0.306. The summed E-state index contributed by atoms with van der Waals surface area (Å²) in [5.74, 6) is 0.597. The molecule has 0 bridgehead atoms. The zero-order chi connectivity index (χ0) is 16.4. The van der Waals surface area contributed by atoms with Crippen LogP contribution in [0, 0.1) is 6.92 Å². The Bertz CT molecular complexity index is 882. The maximum Gasteiger partial charge on any atom is 0.332 e. The quantitative estimate of drug-likeness (QED) is 0.732. The van der Waals surface area contributed by atoms with E-state index in [1.165, 1.54) is 0 Å². The first-order chi connectivity index (χ1) is 11.1. The minimum Gasteiger partial charge on any atom is -0.487 e. The summed E-state index contributed by atoms with van der Waals surface area (Å²) in [6, 6.07) is 15.2. The van der Waals surface area contributed by atoms with Gasteiger partial charge < -0.3 is 4.74 Å². The largest absolute Gasteiger partial charge is 0.487 e. The highest BCUT2D eigenvalue weighted by Gasteiger charge is 2.09. The number of rotatable bonds is 4. The molecule has 0 aliphatic rings. The van der Waals surface area contributed by atoms with E-state index >= 15 is 0 Å². The lowest BCUT2D eigenvalue weighted by Gasteiger charge is -2.10. The number of imidazole rings is 1. The van der Waals surface area contributed by atoms with Crippen LogP contribution in [0.2, 0.25) is 5.02 Å². The molecule has 1 aromatic heterocycles. The van der Waals surface area contributed by atoms with Crippen LogP contribution in [-0.2, 0) is 13.7 Å². The Morgan fingerprint density at radius 2 is 1.87 bits per heavy atom. The smallest absolute Gasteiger partial charge is 0.332 e. The van der Waals surface area contributed by atoms with E-state index in [2.05, 4.69) is 0 Å². The van der Waals surface area contributed by atoms with Gasteiger partial charge in [0.25, 0.3) is 0 Å². The first-order valence-corrected chi connectivity index (χ1v) is 7.65. The molecule has 118 valence electrons. The van der Waals surface area contributed by atoms with Gasteiger partial charge in [-0.1, -0.05) is 41.9 Å². The molecule has 0 amide bonds. The second-order valence-electron chi connectivity index (χ2n) is 5.37. The van der Waals surface area contributed by atoms with Gasteiger partial charge in [0, 0.05) is 18.9 Å². The number of ether oxygens (including phenoxy) is 1. The van der Waals surface area contributed by atoms with Crippen molar-refractivity contribution in [1.82, 2.24) is 9.13 Å². The van der Waals surface area contributed by atoms with E-state index in [9.17, 15) is 4.79 Å². The van der Waals surface area contributed by atoms with Gasteiger partial charge in [-0.05, 0) is 30.7 Å². The fourth-order valence-corrected chi connectivity index (χ4v) is 2.55. The highest BCUT2D eigenvalue weighted by atomic mass is 35.5. The Labute approximate surface area is 139 Å². The fourth-order valence-electron chi connectivity index (χ4n) is 2.32. The molecule has 0 radical (unpaired) electrons. The van der Waals surface area contributed by atoms with E-state index in [-0.39, 0.29) is 5.69 Å². The highest BCUT2D eigenvalue weighted by Crippen LogP contribution is 2.27. The number of halogens is 1. The van der Waals surface area contributed by atoms with Gasteiger partial charge in [0.15, 0.2) is 0 Å². The van der Waals surface area contributed by atoms with Crippen LogP contribution in [-0.4, -0.2) is 9.13 Å². The molecular formula is C18H17ClN2O2. The van der Waals surface area contributed by atoms with E-state index in [1.807, 2.05) is 43.3 Å². The van der Waals surface area contributed by atoms with Crippen LogP contribution in [0.25, 0.3) is 5.69 Å². The second kappa shape index (κ2) is 6.34. The lowest BCUT2D eigenvalue weighted by Crippen LogP contribution is -2.21. The second-order valence-corrected chi connectivity index (χ2v) is 5.78. The molecule has 5 heteroatoms. The van der Waals surface area contributed by atoms with Crippen molar-refractivity contribution >= 4 is 11.6 Å². The van der Waals surface area contributed by atoms with Gasteiger partial charge in [-0.15, -0.1) is 0 Å². The van der Waals surface area contributed by atoms with Crippen LogP contribution >= 0.6 is 11.6 Å². The van der Waals surface area contributed by atoms with Gasteiger partial charge >= 0.3 is 5.69 Å². The monoisotopic (exact) mass is 328 g/mol. The molecule has 0 spiro atoms. The zero-order valence-corrected chi connectivity index (χ0v) is 13.7. The highest BCUT2D eigenvalue weighted by molar-refractivity contribution is 6.32. The molecule has 0 fully saturated rings. The average Bonchev–Trinajstić information content (AvgIpc) is 2.82. The topological polar surface area (TPSA) is 36.2 Å². The molecule has 23 heavy (non-hydrogen) atoms. The SMILES string of the molecule is Cc1cn(-c2ccc(OCc3ccccc3)c(Cl)c2)c(=O)n1C. The number of aryl methyl sites for hydroxylation is 1. The zero-order valence-electron chi connectivity index (χ0n) is 13.0. The fraction of sp³-hybridized carbons (Fsp3) is 0.167. The van der Waals surface area contributed by atoms with Gasteiger partial charge in [-0.25, -0.2) is 4.79 Å². The maximum atomic E-state index is 12.1. The molecule has 3 rings (SSSR count). The summed E-state index contributed by atoms with van der Waals surface area (Å²) < 4.78 is 8.91. The minimum absolute atomic E-state index is 0.100. The molecule has 0 aliphatic heterocycles. The summed E-state index contributed by atoms with van der Waals surface area (Å²) in [7, 11) is 1.74. The molecule has 0 N–H and O–H groups in total. The van der Waals surface area contributed by atoms with Gasteiger partial charge in [0.2, 0.25) is 0 Å². The summed E-state index contributed by atoms with van der Waals surface area (Å²) >= 11 is 6.30. The van der Waals surface area contributed by atoms with E-state index in [0.717, 1.165) is 16.9 Å². The Hall–Kier alpha value is -2.46. The van der Waals surface area contributed by atoms with Gasteiger partial charge in [0.05, 0.1) is 10.7 Å². The van der Waals surface area contributed by atoms with Crippen molar-refractivity contribution in [1.29, 1.82) is 0 Å². The minimum atomic E-state index is -0.100. The third kappa shape index (κ3) is 3.17. The molecule has 0 unspecified atom stereocenters. The van der Waals surface area contributed by atoms with E-state index in [1.54, 1.807) is 34.5 Å². The molecule has 0 saturated carbocycles. The Morgan fingerprint density at radius 3 is 2.48 bits per heavy atom. The predicted molar refractivity (Wildman–Crippen MR) is 91.5 cm³/mol. The maximum absolute atomic E-state index is 12.1. The summed E-state index contributed by atoms with van der Waals surface area (Å²) in [4.78, 5) is 12.1. The summed E-state index contributed by atoms with van der Waals surface area (Å²) in [6.45, 7) is 2.33. The average molecular weight is 329 g/mol. The van der Waals surface area contributed by atoms with E-state index < -0.39 is 0 Å². The van der Waals surface area contributed by atoms with Crippen LogP contribution in [0.15, 0.2) is 59.5 Å². The Balaban J connectivity index is 1.83. The first kappa shape index (κ1) is 15.4. The first-order valence-electron chi connectivity index (χ1n) is 7.28. The number of benzene rings is 2. The molecule has 0 aliphatic carbocycles. The van der Waals surface area contributed by atoms with Gasteiger partial charge in [-0.2, -0.15) is 0 Å². The van der Waals surface area contributed by atoms with Crippen LogP contribution in [0.5, 0.6) is 5.75 Å².